The number of thiocarbonyl (C=S) groups is 1. The maximum atomic E-state index is 11.8. The van der Waals surface area contributed by atoms with Crippen molar-refractivity contribution < 1.29 is 4.79 Å². The molecule has 0 radical (unpaired) electrons. The van der Waals surface area contributed by atoms with Crippen LogP contribution >= 0.6 is 12.2 Å². The van der Waals surface area contributed by atoms with Crippen LogP contribution in [0.15, 0.2) is 0 Å². The average Bonchev–Trinajstić information content (AvgIpc) is 2.10. The van der Waals surface area contributed by atoms with Crippen LogP contribution in [0, 0.1) is 17.8 Å². The third-order valence-electron chi connectivity index (χ3n) is 2.51. The van der Waals surface area contributed by atoms with Crippen molar-refractivity contribution in [3.63, 3.8) is 0 Å². The normalized spacial score (nSPS) is 12.9. The molecule has 0 aromatic heterocycles. The molecule has 0 bridgehead atoms. The molecule has 0 saturated carbocycles. The largest absolute Gasteiger partial charge is 0.393 e. The Balaban J connectivity index is 3.98. The van der Waals surface area contributed by atoms with Gasteiger partial charge in [0.25, 0.3) is 0 Å². The number of carbonyl (C=O) groups is 1. The summed E-state index contributed by atoms with van der Waals surface area (Å²) in [5.41, 5.74) is 5.56. The van der Waals surface area contributed by atoms with Crippen LogP contribution in [-0.2, 0) is 4.79 Å². The first-order valence-corrected chi connectivity index (χ1v) is 6.34. The van der Waals surface area contributed by atoms with Gasteiger partial charge in [0, 0.05) is 6.54 Å². The molecule has 0 aliphatic rings. The van der Waals surface area contributed by atoms with Gasteiger partial charge in [-0.05, 0) is 24.7 Å². The lowest BCUT2D eigenvalue weighted by molar-refractivity contribution is -0.123. The quantitative estimate of drug-likeness (QED) is 0.532. The zero-order valence-corrected chi connectivity index (χ0v) is 11.6. The van der Waals surface area contributed by atoms with E-state index in [0.717, 1.165) is 12.8 Å². The van der Waals surface area contributed by atoms with Crippen molar-refractivity contribution in [2.24, 2.45) is 23.5 Å². The lowest BCUT2D eigenvalue weighted by Crippen LogP contribution is -2.41. The van der Waals surface area contributed by atoms with E-state index in [2.05, 4.69) is 19.2 Å². The summed E-state index contributed by atoms with van der Waals surface area (Å²) in [6.45, 7) is 8.97. The van der Waals surface area contributed by atoms with Gasteiger partial charge >= 0.3 is 0 Å². The van der Waals surface area contributed by atoms with Crippen molar-refractivity contribution in [2.75, 3.05) is 6.54 Å². The average molecular weight is 244 g/mol. The molecule has 0 rings (SSSR count). The van der Waals surface area contributed by atoms with Gasteiger partial charge in [-0.3, -0.25) is 4.79 Å². The summed E-state index contributed by atoms with van der Waals surface area (Å²) in [5, 5.41) is 2.89. The summed E-state index contributed by atoms with van der Waals surface area (Å²) < 4.78 is 0. The maximum absolute atomic E-state index is 11.8. The summed E-state index contributed by atoms with van der Waals surface area (Å²) >= 11 is 4.91. The molecule has 0 fully saturated rings. The molecule has 4 heteroatoms. The van der Waals surface area contributed by atoms with Gasteiger partial charge in [-0.2, -0.15) is 0 Å². The Morgan fingerprint density at radius 2 is 1.88 bits per heavy atom. The minimum Gasteiger partial charge on any atom is -0.393 e. The molecule has 0 aliphatic heterocycles. The van der Waals surface area contributed by atoms with Gasteiger partial charge in [0.1, 0.15) is 0 Å². The Kier molecular flexibility index (Phi) is 7.30. The summed E-state index contributed by atoms with van der Waals surface area (Å²) in [7, 11) is 0. The van der Waals surface area contributed by atoms with E-state index in [-0.39, 0.29) is 22.7 Å². The highest BCUT2D eigenvalue weighted by Crippen LogP contribution is 2.11. The first kappa shape index (κ1) is 15.4. The fourth-order valence-electron chi connectivity index (χ4n) is 1.59. The first-order valence-electron chi connectivity index (χ1n) is 5.93. The molecular weight excluding hydrogens is 220 g/mol. The van der Waals surface area contributed by atoms with Crippen molar-refractivity contribution in [2.45, 2.75) is 40.5 Å². The smallest absolute Gasteiger partial charge is 0.230 e. The maximum Gasteiger partial charge on any atom is 0.230 e. The molecule has 0 aromatic rings. The number of amides is 1. The van der Waals surface area contributed by atoms with E-state index in [1.807, 2.05) is 13.8 Å². The van der Waals surface area contributed by atoms with Crippen molar-refractivity contribution in [3.05, 3.63) is 0 Å². The molecule has 3 nitrogen and oxygen atoms in total. The second-order valence-electron chi connectivity index (χ2n) is 4.95. The molecule has 0 saturated heterocycles. The number of nitrogens with one attached hydrogen (secondary N) is 1. The summed E-state index contributed by atoms with van der Waals surface area (Å²) in [6, 6.07) is 0. The van der Waals surface area contributed by atoms with Gasteiger partial charge in [-0.25, -0.2) is 0 Å². The van der Waals surface area contributed by atoms with Crippen LogP contribution in [-0.4, -0.2) is 17.4 Å². The minimum absolute atomic E-state index is 0.0359. The van der Waals surface area contributed by atoms with Crippen LogP contribution in [0.1, 0.15) is 40.5 Å². The van der Waals surface area contributed by atoms with E-state index in [9.17, 15) is 4.79 Å². The highest BCUT2D eigenvalue weighted by atomic mass is 32.1. The summed E-state index contributed by atoms with van der Waals surface area (Å²) in [6.07, 6.45) is 2.13. The molecule has 1 amide bonds. The molecule has 1 atom stereocenters. The zero-order valence-electron chi connectivity index (χ0n) is 10.7. The highest BCUT2D eigenvalue weighted by molar-refractivity contribution is 7.80. The van der Waals surface area contributed by atoms with Crippen molar-refractivity contribution >= 4 is 23.1 Å². The van der Waals surface area contributed by atoms with Crippen molar-refractivity contribution in [1.29, 1.82) is 0 Å². The van der Waals surface area contributed by atoms with Gasteiger partial charge in [0.2, 0.25) is 5.91 Å². The van der Waals surface area contributed by atoms with Crippen LogP contribution in [0.2, 0.25) is 0 Å². The molecule has 3 N–H and O–H groups in total. The predicted octanol–water partition coefficient (Wildman–Crippen LogP) is 2.10. The monoisotopic (exact) mass is 244 g/mol. The lowest BCUT2D eigenvalue weighted by Gasteiger charge is -2.18. The van der Waals surface area contributed by atoms with E-state index in [4.69, 9.17) is 18.0 Å². The molecule has 0 heterocycles. The van der Waals surface area contributed by atoms with Gasteiger partial charge in [0.05, 0.1) is 10.9 Å². The number of carbonyl (C=O) groups excluding carboxylic acids is 1. The number of rotatable bonds is 7. The van der Waals surface area contributed by atoms with Crippen molar-refractivity contribution in [3.8, 4) is 0 Å². The first-order chi connectivity index (χ1) is 7.36. The fraction of sp³-hybridized carbons (Fsp3) is 0.833. The molecule has 0 aliphatic carbocycles. The van der Waals surface area contributed by atoms with Crippen LogP contribution in [0.3, 0.4) is 0 Å². The molecular formula is C12H24N2OS. The molecule has 0 aromatic carbocycles. The van der Waals surface area contributed by atoms with E-state index in [0.29, 0.717) is 12.5 Å². The third-order valence-corrected chi connectivity index (χ3v) is 2.77. The minimum atomic E-state index is -0.339. The Morgan fingerprint density at radius 3 is 2.25 bits per heavy atom. The Morgan fingerprint density at radius 1 is 1.31 bits per heavy atom. The van der Waals surface area contributed by atoms with Crippen LogP contribution in [0.4, 0.5) is 0 Å². The lowest BCUT2D eigenvalue weighted by atomic mass is 9.95. The number of hydrogen-bond donors (Lipinski definition) is 2. The van der Waals surface area contributed by atoms with Gasteiger partial charge in [-0.1, -0.05) is 39.9 Å². The van der Waals surface area contributed by atoms with E-state index >= 15 is 0 Å². The molecule has 1 unspecified atom stereocenters. The fourth-order valence-corrected chi connectivity index (χ4v) is 1.97. The summed E-state index contributed by atoms with van der Waals surface area (Å²) in [4.78, 5) is 12.1. The molecule has 16 heavy (non-hydrogen) atoms. The Bertz CT molecular complexity index is 239. The van der Waals surface area contributed by atoms with Gasteiger partial charge < -0.3 is 11.1 Å². The Labute approximate surface area is 104 Å². The van der Waals surface area contributed by atoms with E-state index < -0.39 is 0 Å². The highest BCUT2D eigenvalue weighted by Gasteiger charge is 2.24. The molecule has 0 spiro atoms. The number of hydrogen-bond acceptors (Lipinski definition) is 2. The zero-order chi connectivity index (χ0) is 12.7. The van der Waals surface area contributed by atoms with E-state index in [1.54, 1.807) is 0 Å². The topological polar surface area (TPSA) is 55.1 Å². The second kappa shape index (κ2) is 7.60. The molecule has 94 valence electrons. The van der Waals surface area contributed by atoms with Crippen LogP contribution in [0.25, 0.3) is 0 Å². The van der Waals surface area contributed by atoms with Gasteiger partial charge in [0.15, 0.2) is 0 Å². The standard InChI is InChI=1S/C12H24N2OS/c1-8(2)6-5-7-14-12(15)10(9(3)4)11(13)16/h8-10H,5-7H2,1-4H3,(H2,13,16)(H,14,15). The van der Waals surface area contributed by atoms with Crippen LogP contribution < -0.4 is 11.1 Å². The summed E-state index contributed by atoms with van der Waals surface area (Å²) in [5.74, 6) is 0.455. The predicted molar refractivity (Wildman–Crippen MR) is 72.2 cm³/mol. The van der Waals surface area contributed by atoms with Crippen LogP contribution in [0.5, 0.6) is 0 Å². The SMILES string of the molecule is CC(C)CCCNC(=O)C(C(N)=S)C(C)C. The number of nitrogens with two attached hydrogens (primary N) is 1. The van der Waals surface area contributed by atoms with E-state index in [1.165, 1.54) is 0 Å². The second-order valence-corrected chi connectivity index (χ2v) is 5.42. The van der Waals surface area contributed by atoms with Crippen molar-refractivity contribution in [1.82, 2.24) is 5.32 Å². The Hall–Kier alpha value is -0.640. The van der Waals surface area contributed by atoms with Gasteiger partial charge in [-0.15, -0.1) is 0 Å². The third kappa shape index (κ3) is 6.05.